The Morgan fingerprint density at radius 3 is 2.73 bits per heavy atom. The Kier molecular flexibility index (Phi) is 2.93. The van der Waals surface area contributed by atoms with Gasteiger partial charge in [0.2, 0.25) is 5.16 Å². The summed E-state index contributed by atoms with van der Waals surface area (Å²) in [7, 11) is 0. The standard InChI is InChI=1S/C7H13N3S/c1-5(2)4-11-7-8-6(3)9-10-7/h5H,4H2,1-3H3,(H,8,9,10). The second kappa shape index (κ2) is 3.76. The summed E-state index contributed by atoms with van der Waals surface area (Å²) in [5.74, 6) is 2.66. The van der Waals surface area contributed by atoms with E-state index < -0.39 is 0 Å². The molecule has 1 rings (SSSR count). The summed E-state index contributed by atoms with van der Waals surface area (Å²) in [5, 5.41) is 7.68. The smallest absolute Gasteiger partial charge is 0.208 e. The monoisotopic (exact) mass is 171 g/mol. The zero-order valence-corrected chi connectivity index (χ0v) is 7.90. The highest BCUT2D eigenvalue weighted by atomic mass is 32.2. The molecule has 0 spiro atoms. The molecule has 1 heterocycles. The van der Waals surface area contributed by atoms with Crippen LogP contribution >= 0.6 is 11.8 Å². The van der Waals surface area contributed by atoms with Crippen molar-refractivity contribution in [2.75, 3.05) is 5.75 Å². The van der Waals surface area contributed by atoms with Gasteiger partial charge in [-0.05, 0) is 12.8 Å². The Morgan fingerprint density at radius 2 is 2.27 bits per heavy atom. The largest absolute Gasteiger partial charge is 0.262 e. The van der Waals surface area contributed by atoms with Gasteiger partial charge in [-0.25, -0.2) is 4.98 Å². The number of H-pyrrole nitrogens is 1. The van der Waals surface area contributed by atoms with E-state index in [4.69, 9.17) is 0 Å². The van der Waals surface area contributed by atoms with E-state index in [0.29, 0.717) is 5.92 Å². The molecule has 0 unspecified atom stereocenters. The van der Waals surface area contributed by atoms with Gasteiger partial charge in [0.05, 0.1) is 0 Å². The van der Waals surface area contributed by atoms with E-state index in [-0.39, 0.29) is 0 Å². The molecule has 0 aromatic carbocycles. The van der Waals surface area contributed by atoms with Crippen molar-refractivity contribution < 1.29 is 0 Å². The third-order valence-corrected chi connectivity index (χ3v) is 2.40. The molecule has 62 valence electrons. The van der Waals surface area contributed by atoms with E-state index in [2.05, 4.69) is 29.0 Å². The molecule has 0 aliphatic carbocycles. The van der Waals surface area contributed by atoms with Crippen LogP contribution < -0.4 is 0 Å². The fourth-order valence-electron chi connectivity index (χ4n) is 0.628. The minimum absolute atomic E-state index is 0.693. The maximum atomic E-state index is 4.18. The van der Waals surface area contributed by atoms with E-state index in [1.54, 1.807) is 11.8 Å². The van der Waals surface area contributed by atoms with Crippen molar-refractivity contribution in [1.82, 2.24) is 15.2 Å². The molecule has 0 amide bonds. The number of nitrogens with zero attached hydrogens (tertiary/aromatic N) is 2. The molecule has 3 nitrogen and oxygen atoms in total. The Labute approximate surface area is 71.0 Å². The topological polar surface area (TPSA) is 41.6 Å². The van der Waals surface area contributed by atoms with Crippen LogP contribution in [0.15, 0.2) is 5.16 Å². The number of aromatic nitrogens is 3. The molecule has 0 radical (unpaired) electrons. The van der Waals surface area contributed by atoms with E-state index >= 15 is 0 Å². The number of aromatic amines is 1. The SMILES string of the molecule is Cc1nc(SCC(C)C)n[nH]1. The van der Waals surface area contributed by atoms with Crippen molar-refractivity contribution in [3.05, 3.63) is 5.82 Å². The first-order valence-corrected chi connectivity index (χ1v) is 4.69. The van der Waals surface area contributed by atoms with Crippen LogP contribution in [-0.4, -0.2) is 20.9 Å². The molecule has 1 aromatic heterocycles. The Bertz CT molecular complexity index is 219. The van der Waals surface area contributed by atoms with Gasteiger partial charge < -0.3 is 0 Å². The first-order valence-electron chi connectivity index (χ1n) is 3.70. The Balaban J connectivity index is 2.39. The van der Waals surface area contributed by atoms with Crippen LogP contribution in [0, 0.1) is 12.8 Å². The van der Waals surface area contributed by atoms with Crippen LogP contribution in [0.3, 0.4) is 0 Å². The lowest BCUT2D eigenvalue weighted by molar-refractivity contribution is 0.748. The second-order valence-electron chi connectivity index (χ2n) is 2.91. The molecular weight excluding hydrogens is 158 g/mol. The number of nitrogens with one attached hydrogen (secondary N) is 1. The summed E-state index contributed by atoms with van der Waals surface area (Å²) in [5.41, 5.74) is 0. The van der Waals surface area contributed by atoms with Crippen molar-refractivity contribution in [2.24, 2.45) is 5.92 Å². The average molecular weight is 171 g/mol. The van der Waals surface area contributed by atoms with Crippen LogP contribution in [-0.2, 0) is 0 Å². The first-order chi connectivity index (χ1) is 5.18. The minimum Gasteiger partial charge on any atom is -0.262 e. The lowest BCUT2D eigenvalue weighted by Gasteiger charge is -1.98. The van der Waals surface area contributed by atoms with E-state index in [1.807, 2.05) is 6.92 Å². The van der Waals surface area contributed by atoms with Gasteiger partial charge in [-0.15, -0.1) is 5.10 Å². The molecule has 11 heavy (non-hydrogen) atoms. The van der Waals surface area contributed by atoms with Crippen molar-refractivity contribution >= 4 is 11.8 Å². The number of hydrogen-bond donors (Lipinski definition) is 1. The molecule has 4 heteroatoms. The summed E-state index contributed by atoms with van der Waals surface area (Å²) >= 11 is 1.70. The van der Waals surface area contributed by atoms with Crippen molar-refractivity contribution in [1.29, 1.82) is 0 Å². The van der Waals surface area contributed by atoms with E-state index in [9.17, 15) is 0 Å². The molecule has 0 bridgehead atoms. The van der Waals surface area contributed by atoms with Gasteiger partial charge in [0.25, 0.3) is 0 Å². The van der Waals surface area contributed by atoms with Crippen molar-refractivity contribution in [3.63, 3.8) is 0 Å². The fraction of sp³-hybridized carbons (Fsp3) is 0.714. The normalized spacial score (nSPS) is 10.9. The summed E-state index contributed by atoms with van der Waals surface area (Å²) in [4.78, 5) is 4.18. The van der Waals surface area contributed by atoms with Crippen LogP contribution in [0.2, 0.25) is 0 Å². The number of aryl methyl sites for hydroxylation is 1. The number of rotatable bonds is 3. The fourth-order valence-corrected chi connectivity index (χ4v) is 1.42. The molecular formula is C7H13N3S. The molecule has 0 saturated carbocycles. The number of hydrogen-bond acceptors (Lipinski definition) is 3. The predicted octanol–water partition coefficient (Wildman–Crippen LogP) is 1.86. The molecule has 1 N–H and O–H groups in total. The van der Waals surface area contributed by atoms with Gasteiger partial charge in [-0.2, -0.15) is 0 Å². The second-order valence-corrected chi connectivity index (χ2v) is 3.90. The minimum atomic E-state index is 0.693. The highest BCUT2D eigenvalue weighted by molar-refractivity contribution is 7.99. The lowest BCUT2D eigenvalue weighted by atomic mass is 10.3. The maximum absolute atomic E-state index is 4.18. The zero-order chi connectivity index (χ0) is 8.27. The highest BCUT2D eigenvalue weighted by Gasteiger charge is 2.01. The maximum Gasteiger partial charge on any atom is 0.208 e. The van der Waals surface area contributed by atoms with E-state index in [0.717, 1.165) is 16.7 Å². The molecule has 1 aromatic rings. The van der Waals surface area contributed by atoms with Gasteiger partial charge in [-0.3, -0.25) is 5.10 Å². The van der Waals surface area contributed by atoms with Gasteiger partial charge >= 0.3 is 0 Å². The molecule has 0 fully saturated rings. The van der Waals surface area contributed by atoms with Gasteiger partial charge in [0.15, 0.2) is 0 Å². The van der Waals surface area contributed by atoms with Crippen LogP contribution in [0.1, 0.15) is 19.7 Å². The van der Waals surface area contributed by atoms with Crippen molar-refractivity contribution in [3.8, 4) is 0 Å². The molecule has 0 aliphatic rings. The predicted molar refractivity (Wildman–Crippen MR) is 46.7 cm³/mol. The summed E-state index contributed by atoms with van der Waals surface area (Å²) < 4.78 is 0. The number of thioether (sulfide) groups is 1. The van der Waals surface area contributed by atoms with E-state index in [1.165, 1.54) is 0 Å². The zero-order valence-electron chi connectivity index (χ0n) is 7.09. The average Bonchev–Trinajstić information content (AvgIpc) is 2.31. The summed E-state index contributed by atoms with van der Waals surface area (Å²) in [6.07, 6.45) is 0. The molecule has 0 atom stereocenters. The van der Waals surface area contributed by atoms with Crippen LogP contribution in [0.25, 0.3) is 0 Å². The summed E-state index contributed by atoms with van der Waals surface area (Å²) in [6, 6.07) is 0. The first kappa shape index (κ1) is 8.59. The summed E-state index contributed by atoms with van der Waals surface area (Å²) in [6.45, 7) is 6.28. The van der Waals surface area contributed by atoms with Crippen molar-refractivity contribution in [2.45, 2.75) is 25.9 Å². The molecule has 0 saturated heterocycles. The quantitative estimate of drug-likeness (QED) is 0.706. The lowest BCUT2D eigenvalue weighted by Crippen LogP contribution is -1.90. The third kappa shape index (κ3) is 2.93. The third-order valence-electron chi connectivity index (χ3n) is 1.12. The van der Waals surface area contributed by atoms with Gasteiger partial charge in [0, 0.05) is 5.75 Å². The van der Waals surface area contributed by atoms with Crippen LogP contribution in [0.5, 0.6) is 0 Å². The van der Waals surface area contributed by atoms with Gasteiger partial charge in [0.1, 0.15) is 5.82 Å². The Hall–Kier alpha value is -0.510. The van der Waals surface area contributed by atoms with Gasteiger partial charge in [-0.1, -0.05) is 25.6 Å². The van der Waals surface area contributed by atoms with Crippen LogP contribution in [0.4, 0.5) is 0 Å². The Morgan fingerprint density at radius 1 is 1.55 bits per heavy atom. The molecule has 0 aliphatic heterocycles. The highest BCUT2D eigenvalue weighted by Crippen LogP contribution is 2.15.